The van der Waals surface area contributed by atoms with Gasteiger partial charge in [-0.2, -0.15) is 0 Å². The molecule has 64 valence electrons. The summed E-state index contributed by atoms with van der Waals surface area (Å²) < 4.78 is 0.441. The molecule has 1 aromatic carbocycles. The van der Waals surface area contributed by atoms with Gasteiger partial charge in [-0.05, 0) is 35.0 Å². The summed E-state index contributed by atoms with van der Waals surface area (Å²) in [6.45, 7) is 1.37. The Labute approximate surface area is 83.3 Å². The molecule has 0 radical (unpaired) electrons. The minimum Gasteiger partial charge on any atom is -0.507 e. The maximum Gasteiger partial charge on any atom is 0.164 e. The third-order valence-corrected chi connectivity index (χ3v) is 2.79. The van der Waals surface area contributed by atoms with Crippen molar-refractivity contribution in [3.8, 4) is 5.75 Å². The highest BCUT2D eigenvalue weighted by molar-refractivity contribution is 9.10. The maximum atomic E-state index is 11.0. The molecule has 1 aromatic rings. The van der Waals surface area contributed by atoms with Crippen LogP contribution in [0.25, 0.3) is 0 Å². The van der Waals surface area contributed by atoms with Crippen molar-refractivity contribution in [3.05, 3.63) is 27.2 Å². The fourth-order valence-corrected chi connectivity index (χ4v) is 1.65. The van der Waals surface area contributed by atoms with Crippen LogP contribution in [-0.2, 0) is 0 Å². The van der Waals surface area contributed by atoms with Gasteiger partial charge >= 0.3 is 0 Å². The number of benzene rings is 1. The number of hydrogen-bond acceptors (Lipinski definition) is 2. The first kappa shape index (κ1) is 9.55. The molecule has 1 N–H and O–H groups in total. The van der Waals surface area contributed by atoms with Crippen LogP contribution in [0.3, 0.4) is 0 Å². The number of phenols is 1. The summed E-state index contributed by atoms with van der Waals surface area (Å²) in [5.74, 6) is -0.277. The molecule has 0 heterocycles. The van der Waals surface area contributed by atoms with E-state index in [1.165, 1.54) is 19.1 Å². The Balaban J connectivity index is 3.43. The molecule has 0 saturated carbocycles. The lowest BCUT2D eigenvalue weighted by Crippen LogP contribution is -1.94. The molecule has 0 amide bonds. The quantitative estimate of drug-likeness (QED) is 0.777. The zero-order chi connectivity index (χ0) is 9.30. The van der Waals surface area contributed by atoms with Crippen molar-refractivity contribution < 1.29 is 9.90 Å². The summed E-state index contributed by atoms with van der Waals surface area (Å²) >= 11 is 8.84. The summed E-state index contributed by atoms with van der Waals surface area (Å²) in [5.41, 5.74) is 0.225. The molecule has 0 atom stereocenters. The smallest absolute Gasteiger partial charge is 0.164 e. The van der Waals surface area contributed by atoms with E-state index in [1.807, 2.05) is 0 Å². The van der Waals surface area contributed by atoms with Crippen LogP contribution in [0.5, 0.6) is 5.75 Å². The van der Waals surface area contributed by atoms with E-state index in [9.17, 15) is 9.90 Å². The van der Waals surface area contributed by atoms with Gasteiger partial charge in [0.2, 0.25) is 0 Å². The van der Waals surface area contributed by atoms with E-state index >= 15 is 0 Å². The molecule has 0 aliphatic carbocycles. The number of halogens is 2. The van der Waals surface area contributed by atoms with E-state index in [0.29, 0.717) is 9.50 Å². The molecule has 0 aromatic heterocycles. The van der Waals surface area contributed by atoms with Gasteiger partial charge in [-0.25, -0.2) is 0 Å². The third kappa shape index (κ3) is 1.62. The van der Waals surface area contributed by atoms with E-state index in [1.54, 1.807) is 0 Å². The van der Waals surface area contributed by atoms with Crippen molar-refractivity contribution in [1.82, 2.24) is 0 Å². The highest BCUT2D eigenvalue weighted by Crippen LogP contribution is 2.32. The van der Waals surface area contributed by atoms with Crippen molar-refractivity contribution >= 4 is 33.3 Å². The van der Waals surface area contributed by atoms with Crippen molar-refractivity contribution in [2.24, 2.45) is 0 Å². The number of phenolic OH excluding ortho intramolecular Hbond substituents is 1. The first-order valence-corrected chi connectivity index (χ1v) is 4.39. The fourth-order valence-electron chi connectivity index (χ4n) is 0.875. The number of carbonyl (C=O) groups excluding carboxylic acids is 1. The number of ketones is 1. The minimum atomic E-state index is -0.220. The van der Waals surface area contributed by atoms with E-state index < -0.39 is 0 Å². The van der Waals surface area contributed by atoms with Crippen LogP contribution in [-0.4, -0.2) is 10.9 Å². The van der Waals surface area contributed by atoms with Crippen molar-refractivity contribution in [3.63, 3.8) is 0 Å². The van der Waals surface area contributed by atoms with E-state index in [4.69, 9.17) is 11.6 Å². The molecule has 0 bridgehead atoms. The van der Waals surface area contributed by atoms with Crippen LogP contribution in [0.15, 0.2) is 16.6 Å². The fraction of sp³-hybridized carbons (Fsp3) is 0.125. The molecule has 0 fully saturated rings. The number of Topliss-reactive ketones (excluding diaryl/α,β-unsaturated/α-hetero) is 1. The zero-order valence-electron chi connectivity index (χ0n) is 6.27. The van der Waals surface area contributed by atoms with Gasteiger partial charge < -0.3 is 5.11 Å². The SMILES string of the molecule is CC(=O)c1c(O)ccc(Cl)c1Br. The molecule has 4 heteroatoms. The molecular weight excluding hydrogens is 243 g/mol. The highest BCUT2D eigenvalue weighted by atomic mass is 79.9. The molecule has 2 nitrogen and oxygen atoms in total. The largest absolute Gasteiger partial charge is 0.507 e. The molecule has 0 aliphatic rings. The summed E-state index contributed by atoms with van der Waals surface area (Å²) in [6, 6.07) is 2.91. The van der Waals surface area contributed by atoms with Crippen molar-refractivity contribution in [2.75, 3.05) is 0 Å². The first-order valence-electron chi connectivity index (χ1n) is 3.22. The predicted molar refractivity (Wildman–Crippen MR) is 50.8 cm³/mol. The predicted octanol–water partition coefficient (Wildman–Crippen LogP) is 3.01. The second-order valence-electron chi connectivity index (χ2n) is 2.31. The Morgan fingerprint density at radius 3 is 2.58 bits per heavy atom. The standard InChI is InChI=1S/C8H6BrClO2/c1-4(11)7-6(12)3-2-5(10)8(7)9/h2-3,12H,1H3. The van der Waals surface area contributed by atoms with Crippen LogP contribution in [0, 0.1) is 0 Å². The Kier molecular flexibility index (Phi) is 2.75. The second kappa shape index (κ2) is 3.46. The number of aromatic hydroxyl groups is 1. The van der Waals surface area contributed by atoms with Gasteiger partial charge in [-0.15, -0.1) is 0 Å². The summed E-state index contributed by atoms with van der Waals surface area (Å²) in [5, 5.41) is 9.69. The minimum absolute atomic E-state index is 0.0567. The lowest BCUT2D eigenvalue weighted by Gasteiger charge is -2.04. The maximum absolute atomic E-state index is 11.0. The van der Waals surface area contributed by atoms with Gasteiger partial charge in [0.05, 0.1) is 15.1 Å². The van der Waals surface area contributed by atoms with Gasteiger partial charge in [0.15, 0.2) is 5.78 Å². The molecule has 12 heavy (non-hydrogen) atoms. The van der Waals surface area contributed by atoms with E-state index in [0.717, 1.165) is 0 Å². The first-order chi connectivity index (χ1) is 5.54. The van der Waals surface area contributed by atoms with Gasteiger partial charge in [-0.1, -0.05) is 11.6 Å². The van der Waals surface area contributed by atoms with Gasteiger partial charge in [0.25, 0.3) is 0 Å². The Hall–Kier alpha value is -0.540. The summed E-state index contributed by atoms with van der Waals surface area (Å²) in [7, 11) is 0. The molecule has 0 aliphatic heterocycles. The lowest BCUT2D eigenvalue weighted by atomic mass is 10.1. The second-order valence-corrected chi connectivity index (χ2v) is 3.51. The van der Waals surface area contributed by atoms with Crippen LogP contribution in [0.1, 0.15) is 17.3 Å². The zero-order valence-corrected chi connectivity index (χ0v) is 8.61. The monoisotopic (exact) mass is 248 g/mol. The molecule has 0 spiro atoms. The normalized spacial score (nSPS) is 9.92. The molecule has 0 unspecified atom stereocenters. The topological polar surface area (TPSA) is 37.3 Å². The van der Waals surface area contributed by atoms with Gasteiger partial charge in [0.1, 0.15) is 5.75 Å². The average Bonchev–Trinajstić information content (AvgIpc) is 1.97. The molecule has 1 rings (SSSR count). The van der Waals surface area contributed by atoms with Gasteiger partial charge in [-0.3, -0.25) is 4.79 Å². The number of hydrogen-bond donors (Lipinski definition) is 1. The molecular formula is C8H6BrClO2. The Bertz CT molecular complexity index is 336. The number of rotatable bonds is 1. The van der Waals surface area contributed by atoms with Crippen molar-refractivity contribution in [1.29, 1.82) is 0 Å². The number of carbonyl (C=O) groups is 1. The van der Waals surface area contributed by atoms with Crippen LogP contribution in [0.2, 0.25) is 5.02 Å². The Morgan fingerprint density at radius 2 is 2.17 bits per heavy atom. The Morgan fingerprint density at radius 1 is 1.58 bits per heavy atom. The van der Waals surface area contributed by atoms with Gasteiger partial charge in [0, 0.05) is 0 Å². The van der Waals surface area contributed by atoms with Crippen LogP contribution in [0.4, 0.5) is 0 Å². The van der Waals surface area contributed by atoms with E-state index in [-0.39, 0.29) is 17.1 Å². The summed E-state index contributed by atoms with van der Waals surface area (Å²) in [6.07, 6.45) is 0. The lowest BCUT2D eigenvalue weighted by molar-refractivity contribution is 0.101. The van der Waals surface area contributed by atoms with Crippen molar-refractivity contribution in [2.45, 2.75) is 6.92 Å². The molecule has 0 saturated heterocycles. The van der Waals surface area contributed by atoms with Crippen LogP contribution < -0.4 is 0 Å². The third-order valence-electron chi connectivity index (χ3n) is 1.42. The van der Waals surface area contributed by atoms with Crippen LogP contribution >= 0.6 is 27.5 Å². The van der Waals surface area contributed by atoms with E-state index in [2.05, 4.69) is 15.9 Å². The summed E-state index contributed by atoms with van der Waals surface area (Å²) in [4.78, 5) is 11.0. The highest BCUT2D eigenvalue weighted by Gasteiger charge is 2.13. The average molecular weight is 249 g/mol.